The van der Waals surface area contributed by atoms with Crippen molar-refractivity contribution in [3.05, 3.63) is 53.1 Å². The molecule has 7 heteroatoms. The van der Waals surface area contributed by atoms with Gasteiger partial charge in [0.05, 0.1) is 24.0 Å². The number of aliphatic hydroxyl groups is 1. The first-order valence-electron chi connectivity index (χ1n) is 10.2. The summed E-state index contributed by atoms with van der Waals surface area (Å²) in [5.74, 6) is -0.153. The van der Waals surface area contributed by atoms with Crippen LogP contribution in [-0.2, 0) is 0 Å². The second-order valence-corrected chi connectivity index (χ2v) is 7.75. The summed E-state index contributed by atoms with van der Waals surface area (Å²) >= 11 is 0. The van der Waals surface area contributed by atoms with Crippen molar-refractivity contribution in [2.45, 2.75) is 33.2 Å². The van der Waals surface area contributed by atoms with Gasteiger partial charge in [0.15, 0.2) is 0 Å². The minimum atomic E-state index is -1.00. The normalized spacial score (nSPS) is 15.7. The third-order valence-corrected chi connectivity index (χ3v) is 5.81. The summed E-state index contributed by atoms with van der Waals surface area (Å²) in [7, 11) is 1.88. The Balaban J connectivity index is 2.01. The van der Waals surface area contributed by atoms with Gasteiger partial charge in [0, 0.05) is 31.4 Å². The summed E-state index contributed by atoms with van der Waals surface area (Å²) in [4.78, 5) is 30.4. The summed E-state index contributed by atoms with van der Waals surface area (Å²) in [6, 6.07) is 10.7. The SMILES string of the molecule is CCC1CN(C(=O)c2ccc(N(C)CCO)cc2)c2cc(C)c(C)cc2N1C(=O)O. The Bertz CT molecular complexity index is 942. The van der Waals surface area contributed by atoms with Crippen LogP contribution >= 0.6 is 0 Å². The third-order valence-electron chi connectivity index (χ3n) is 5.81. The zero-order valence-electron chi connectivity index (χ0n) is 17.9. The lowest BCUT2D eigenvalue weighted by molar-refractivity contribution is 0.0982. The molecule has 1 aliphatic rings. The van der Waals surface area contributed by atoms with Crippen LogP contribution in [0.1, 0.15) is 34.8 Å². The Kier molecular flexibility index (Phi) is 6.31. The maximum Gasteiger partial charge on any atom is 0.412 e. The zero-order chi connectivity index (χ0) is 22.0. The molecule has 3 rings (SSSR count). The number of likely N-dealkylation sites (N-methyl/N-ethyl adjacent to an activating group) is 1. The number of hydrogen-bond acceptors (Lipinski definition) is 4. The molecule has 0 spiro atoms. The highest BCUT2D eigenvalue weighted by Crippen LogP contribution is 2.39. The van der Waals surface area contributed by atoms with Crippen molar-refractivity contribution in [2.75, 3.05) is 41.4 Å². The lowest BCUT2D eigenvalue weighted by Crippen LogP contribution is -2.52. The number of carbonyl (C=O) groups excluding carboxylic acids is 1. The number of rotatable bonds is 5. The number of nitrogens with zero attached hydrogens (tertiary/aromatic N) is 3. The standard InChI is InChI=1S/C23H29N3O4/c1-5-18-14-25(20-12-15(2)16(3)13-21(20)26(18)23(29)30)22(28)17-6-8-19(9-7-17)24(4)10-11-27/h6-9,12-13,18,27H,5,10-11,14H2,1-4H3,(H,29,30). The molecule has 1 atom stereocenters. The highest BCUT2D eigenvalue weighted by molar-refractivity contribution is 6.10. The van der Waals surface area contributed by atoms with E-state index in [0.29, 0.717) is 36.4 Å². The van der Waals surface area contributed by atoms with Crippen LogP contribution in [0.3, 0.4) is 0 Å². The molecule has 0 fully saturated rings. The molecule has 2 amide bonds. The molecule has 0 saturated heterocycles. The first-order valence-corrected chi connectivity index (χ1v) is 10.2. The Labute approximate surface area is 177 Å². The highest BCUT2D eigenvalue weighted by Gasteiger charge is 2.37. The zero-order valence-corrected chi connectivity index (χ0v) is 17.9. The van der Waals surface area contributed by atoms with Crippen molar-refractivity contribution in [1.29, 1.82) is 0 Å². The fourth-order valence-electron chi connectivity index (χ4n) is 3.84. The highest BCUT2D eigenvalue weighted by atomic mass is 16.4. The molecule has 0 radical (unpaired) electrons. The van der Waals surface area contributed by atoms with Crippen molar-refractivity contribution < 1.29 is 19.8 Å². The van der Waals surface area contributed by atoms with E-state index in [1.54, 1.807) is 17.0 Å². The van der Waals surface area contributed by atoms with E-state index in [9.17, 15) is 14.7 Å². The van der Waals surface area contributed by atoms with E-state index in [1.807, 2.05) is 57.0 Å². The van der Waals surface area contributed by atoms with Gasteiger partial charge in [-0.15, -0.1) is 0 Å². The van der Waals surface area contributed by atoms with Crippen LogP contribution in [0.25, 0.3) is 0 Å². The van der Waals surface area contributed by atoms with Gasteiger partial charge in [-0.05, 0) is 67.8 Å². The molecule has 2 aromatic rings. The van der Waals surface area contributed by atoms with Crippen molar-refractivity contribution >= 4 is 29.1 Å². The van der Waals surface area contributed by atoms with Gasteiger partial charge in [-0.3, -0.25) is 9.69 Å². The summed E-state index contributed by atoms with van der Waals surface area (Å²) in [5, 5.41) is 18.9. The lowest BCUT2D eigenvalue weighted by atomic mass is 9.99. The van der Waals surface area contributed by atoms with Gasteiger partial charge < -0.3 is 20.0 Å². The van der Waals surface area contributed by atoms with Gasteiger partial charge in [0.1, 0.15) is 0 Å². The Morgan fingerprint density at radius 2 is 1.70 bits per heavy atom. The van der Waals surface area contributed by atoms with Crippen molar-refractivity contribution in [1.82, 2.24) is 0 Å². The predicted octanol–water partition coefficient (Wildman–Crippen LogP) is 3.66. The number of carboxylic acid groups (broad SMARTS) is 1. The average molecular weight is 412 g/mol. The Morgan fingerprint density at radius 3 is 2.23 bits per heavy atom. The van der Waals surface area contributed by atoms with E-state index in [0.717, 1.165) is 16.8 Å². The topological polar surface area (TPSA) is 84.3 Å². The third kappa shape index (κ3) is 3.98. The fourth-order valence-corrected chi connectivity index (χ4v) is 3.84. The van der Waals surface area contributed by atoms with Crippen molar-refractivity contribution in [3.8, 4) is 0 Å². The summed E-state index contributed by atoms with van der Waals surface area (Å²) in [6.45, 7) is 6.71. The number of benzene rings is 2. The smallest absolute Gasteiger partial charge is 0.412 e. The maximum absolute atomic E-state index is 13.4. The van der Waals surface area contributed by atoms with Gasteiger partial charge in [-0.1, -0.05) is 6.92 Å². The fraction of sp³-hybridized carbons (Fsp3) is 0.391. The van der Waals surface area contributed by atoms with Gasteiger partial charge in [0.25, 0.3) is 5.91 Å². The number of carbonyl (C=O) groups is 2. The first kappa shape index (κ1) is 21.6. The molecule has 1 aliphatic heterocycles. The van der Waals surface area contributed by atoms with E-state index in [-0.39, 0.29) is 18.6 Å². The first-order chi connectivity index (χ1) is 14.3. The molecule has 2 N–H and O–H groups in total. The van der Waals surface area contributed by atoms with Crippen LogP contribution in [-0.4, -0.2) is 55.0 Å². The second kappa shape index (κ2) is 8.75. The van der Waals surface area contributed by atoms with Crippen LogP contribution in [0.4, 0.5) is 21.9 Å². The molecular weight excluding hydrogens is 382 g/mol. The largest absolute Gasteiger partial charge is 0.465 e. The van der Waals surface area contributed by atoms with Gasteiger partial charge in [-0.2, -0.15) is 0 Å². The van der Waals surface area contributed by atoms with Crippen LogP contribution in [0.15, 0.2) is 36.4 Å². The summed E-state index contributed by atoms with van der Waals surface area (Å²) < 4.78 is 0. The number of aryl methyl sites for hydroxylation is 2. The molecule has 1 unspecified atom stereocenters. The minimum Gasteiger partial charge on any atom is -0.465 e. The number of hydrogen-bond donors (Lipinski definition) is 2. The average Bonchev–Trinajstić information content (AvgIpc) is 2.73. The Hall–Kier alpha value is -3.06. The second-order valence-electron chi connectivity index (χ2n) is 7.75. The van der Waals surface area contributed by atoms with Crippen LogP contribution in [0.5, 0.6) is 0 Å². The van der Waals surface area contributed by atoms with Gasteiger partial charge in [-0.25, -0.2) is 4.79 Å². The molecule has 0 aliphatic carbocycles. The maximum atomic E-state index is 13.4. The lowest BCUT2D eigenvalue weighted by Gasteiger charge is -2.41. The molecule has 7 nitrogen and oxygen atoms in total. The molecule has 160 valence electrons. The molecule has 30 heavy (non-hydrogen) atoms. The van der Waals surface area contributed by atoms with E-state index < -0.39 is 6.09 Å². The number of anilines is 3. The monoisotopic (exact) mass is 411 g/mol. The van der Waals surface area contributed by atoms with E-state index in [4.69, 9.17) is 5.11 Å². The van der Waals surface area contributed by atoms with Gasteiger partial charge in [0.2, 0.25) is 0 Å². The summed E-state index contributed by atoms with van der Waals surface area (Å²) in [6.07, 6.45) is -0.400. The molecule has 0 saturated carbocycles. The predicted molar refractivity (Wildman–Crippen MR) is 119 cm³/mol. The van der Waals surface area contributed by atoms with E-state index >= 15 is 0 Å². The number of amides is 2. The van der Waals surface area contributed by atoms with Crippen molar-refractivity contribution in [2.24, 2.45) is 0 Å². The van der Waals surface area contributed by atoms with Crippen molar-refractivity contribution in [3.63, 3.8) is 0 Å². The van der Waals surface area contributed by atoms with E-state index in [2.05, 4.69) is 0 Å². The van der Waals surface area contributed by atoms with Crippen LogP contribution < -0.4 is 14.7 Å². The van der Waals surface area contributed by atoms with Crippen LogP contribution in [0.2, 0.25) is 0 Å². The van der Waals surface area contributed by atoms with Crippen LogP contribution in [0, 0.1) is 13.8 Å². The Morgan fingerprint density at radius 1 is 1.10 bits per heavy atom. The molecule has 0 aromatic heterocycles. The molecule has 2 aromatic carbocycles. The molecule has 0 bridgehead atoms. The number of fused-ring (bicyclic) bond motifs is 1. The quantitative estimate of drug-likeness (QED) is 0.785. The van der Waals surface area contributed by atoms with E-state index in [1.165, 1.54) is 4.90 Å². The summed E-state index contributed by atoms with van der Waals surface area (Å²) in [5.41, 5.74) is 4.62. The molecular formula is C23H29N3O4. The minimum absolute atomic E-state index is 0.0546. The number of aliphatic hydroxyl groups excluding tert-OH is 1. The van der Waals surface area contributed by atoms with Gasteiger partial charge >= 0.3 is 6.09 Å². The molecule has 1 heterocycles.